The van der Waals surface area contributed by atoms with Gasteiger partial charge in [-0.25, -0.2) is 0 Å². The highest BCUT2D eigenvalue weighted by Gasteiger charge is 2.44. The lowest BCUT2D eigenvalue weighted by Crippen LogP contribution is -2.47. The molecule has 0 unspecified atom stereocenters. The molecule has 0 aliphatic carbocycles. The van der Waals surface area contributed by atoms with Crippen LogP contribution in [0.4, 0.5) is 0 Å². The fraction of sp³-hybridized carbons (Fsp3) is 0.632. The van der Waals surface area contributed by atoms with Crippen LogP contribution in [0.25, 0.3) is 0 Å². The molecule has 0 spiro atoms. The average molecular weight is 334 g/mol. The second-order valence-electron chi connectivity index (χ2n) is 7.98. The number of rotatable bonds is 5. The van der Waals surface area contributed by atoms with Crippen LogP contribution in [0.2, 0.25) is 18.1 Å². The minimum Gasteiger partial charge on any atom is -0.410 e. The van der Waals surface area contributed by atoms with Gasteiger partial charge < -0.3 is 9.26 Å². The van der Waals surface area contributed by atoms with E-state index < -0.39 is 8.32 Å². The fourth-order valence-corrected chi connectivity index (χ4v) is 4.25. The normalized spacial score (nSPS) is 23.3. The van der Waals surface area contributed by atoms with Gasteiger partial charge in [0.25, 0.3) is 0 Å². The first-order chi connectivity index (χ1) is 10.7. The van der Waals surface area contributed by atoms with Crippen LogP contribution in [0.5, 0.6) is 0 Å². The van der Waals surface area contributed by atoms with Gasteiger partial charge in [-0.05, 0) is 37.0 Å². The van der Waals surface area contributed by atoms with E-state index in [2.05, 4.69) is 77.1 Å². The number of oxime groups is 1. The highest BCUT2D eigenvalue weighted by molar-refractivity contribution is 6.74. The molecule has 1 heterocycles. The third-order valence-electron chi connectivity index (χ3n) is 5.25. The zero-order valence-electron chi connectivity index (χ0n) is 15.6. The van der Waals surface area contributed by atoms with E-state index in [0.29, 0.717) is 0 Å². The molecule has 0 amide bonds. The molecule has 1 aliphatic heterocycles. The summed E-state index contributed by atoms with van der Waals surface area (Å²) in [5.41, 5.74) is 2.38. The highest BCUT2D eigenvalue weighted by Crippen LogP contribution is 2.40. The molecule has 1 aromatic rings. The van der Waals surface area contributed by atoms with E-state index >= 15 is 0 Å². The molecule has 4 heteroatoms. The lowest BCUT2D eigenvalue weighted by Gasteiger charge is -2.40. The van der Waals surface area contributed by atoms with Gasteiger partial charge in [0, 0.05) is 0 Å². The summed E-state index contributed by atoms with van der Waals surface area (Å²) in [5, 5.41) is 4.55. The highest BCUT2D eigenvalue weighted by atomic mass is 28.4. The van der Waals surface area contributed by atoms with Crippen LogP contribution < -0.4 is 0 Å². The van der Waals surface area contributed by atoms with Gasteiger partial charge in [0.15, 0.2) is 14.4 Å². The van der Waals surface area contributed by atoms with Gasteiger partial charge in [0.1, 0.15) is 0 Å². The number of nitrogens with zero attached hydrogens (tertiary/aromatic N) is 1. The maximum atomic E-state index is 6.57. The van der Waals surface area contributed by atoms with Crippen LogP contribution in [0.3, 0.4) is 0 Å². The van der Waals surface area contributed by atoms with E-state index in [-0.39, 0.29) is 23.2 Å². The van der Waals surface area contributed by atoms with Crippen molar-refractivity contribution in [2.45, 2.75) is 77.3 Å². The first-order valence-corrected chi connectivity index (χ1v) is 11.5. The Hall–Kier alpha value is -1.13. The van der Waals surface area contributed by atoms with Crippen molar-refractivity contribution in [3.05, 3.63) is 35.9 Å². The molecule has 0 bridgehead atoms. The summed E-state index contributed by atoms with van der Waals surface area (Å²) in [6.45, 7) is 15.7. The zero-order chi connectivity index (χ0) is 17.3. The molecule has 3 nitrogen and oxygen atoms in total. The zero-order valence-corrected chi connectivity index (χ0v) is 16.6. The van der Waals surface area contributed by atoms with E-state index in [9.17, 15) is 0 Å². The average Bonchev–Trinajstić information content (AvgIpc) is 2.90. The van der Waals surface area contributed by atoms with E-state index in [1.165, 1.54) is 5.56 Å². The summed E-state index contributed by atoms with van der Waals surface area (Å²) in [5.74, 6) is 0.195. The van der Waals surface area contributed by atoms with Gasteiger partial charge in [-0.15, -0.1) is 0 Å². The van der Waals surface area contributed by atoms with Crippen molar-refractivity contribution < 1.29 is 9.26 Å². The summed E-state index contributed by atoms with van der Waals surface area (Å²) in [6, 6.07) is 10.5. The maximum absolute atomic E-state index is 6.57. The maximum Gasteiger partial charge on any atom is 0.192 e. The van der Waals surface area contributed by atoms with Crippen LogP contribution >= 0.6 is 0 Å². The molecule has 3 atom stereocenters. The molecule has 1 aromatic carbocycles. The quantitative estimate of drug-likeness (QED) is 0.680. The smallest absolute Gasteiger partial charge is 0.192 e. The van der Waals surface area contributed by atoms with E-state index in [4.69, 9.17) is 9.26 Å². The second kappa shape index (κ2) is 6.77. The van der Waals surface area contributed by atoms with Crippen LogP contribution in [0.15, 0.2) is 35.5 Å². The molecular weight excluding hydrogens is 302 g/mol. The van der Waals surface area contributed by atoms with E-state index in [0.717, 1.165) is 12.1 Å². The van der Waals surface area contributed by atoms with Crippen molar-refractivity contribution in [3.8, 4) is 0 Å². The van der Waals surface area contributed by atoms with Crippen molar-refractivity contribution in [2.75, 3.05) is 0 Å². The Morgan fingerprint density at radius 1 is 1.22 bits per heavy atom. The number of benzene rings is 1. The van der Waals surface area contributed by atoms with Crippen LogP contribution in [-0.4, -0.2) is 26.2 Å². The summed E-state index contributed by atoms with van der Waals surface area (Å²) < 4.78 is 6.57. The number of hydrogen-bond acceptors (Lipinski definition) is 3. The van der Waals surface area contributed by atoms with Gasteiger partial charge in [0.05, 0.1) is 17.7 Å². The van der Waals surface area contributed by atoms with Gasteiger partial charge >= 0.3 is 0 Å². The predicted octanol–water partition coefficient (Wildman–Crippen LogP) is 5.35. The predicted molar refractivity (Wildman–Crippen MR) is 99.5 cm³/mol. The molecule has 0 N–H and O–H groups in total. The molecular formula is C19H31NO2Si. The molecule has 0 fully saturated rings. The van der Waals surface area contributed by atoms with Crippen molar-refractivity contribution in [1.29, 1.82) is 0 Å². The Labute approximate surface area is 142 Å². The topological polar surface area (TPSA) is 30.8 Å². The fourth-order valence-electron chi connectivity index (χ4n) is 2.83. The SMILES string of the molecule is CCC1=NO[C@@H]([C@@H](C)O[Si](C)(C)C(C)(C)C)[C@H]1c1ccccc1. The Balaban J connectivity index is 2.21. The summed E-state index contributed by atoms with van der Waals surface area (Å²) in [7, 11) is -1.83. The minimum atomic E-state index is -1.83. The summed E-state index contributed by atoms with van der Waals surface area (Å²) in [4.78, 5) is 5.83. The molecule has 0 radical (unpaired) electrons. The van der Waals surface area contributed by atoms with E-state index in [1.54, 1.807) is 0 Å². The van der Waals surface area contributed by atoms with Crippen molar-refractivity contribution in [1.82, 2.24) is 0 Å². The lowest BCUT2D eigenvalue weighted by atomic mass is 9.86. The van der Waals surface area contributed by atoms with Crippen LogP contribution in [0.1, 0.15) is 52.5 Å². The van der Waals surface area contributed by atoms with Gasteiger partial charge in [-0.2, -0.15) is 0 Å². The lowest BCUT2D eigenvalue weighted by molar-refractivity contribution is -0.00949. The first kappa shape index (κ1) is 18.2. The van der Waals surface area contributed by atoms with Crippen molar-refractivity contribution >= 4 is 14.0 Å². The molecule has 128 valence electrons. The molecule has 0 aromatic heterocycles. The monoisotopic (exact) mass is 333 g/mol. The second-order valence-corrected chi connectivity index (χ2v) is 12.7. The summed E-state index contributed by atoms with van der Waals surface area (Å²) in [6.07, 6.45) is 0.887. The Bertz CT molecular complexity index is 548. The molecule has 0 saturated carbocycles. The van der Waals surface area contributed by atoms with Crippen molar-refractivity contribution in [3.63, 3.8) is 0 Å². The largest absolute Gasteiger partial charge is 0.410 e. The minimum absolute atomic E-state index is 0.0221. The Morgan fingerprint density at radius 2 is 1.83 bits per heavy atom. The third kappa shape index (κ3) is 3.86. The Morgan fingerprint density at radius 3 is 2.35 bits per heavy atom. The summed E-state index contributed by atoms with van der Waals surface area (Å²) >= 11 is 0. The molecule has 2 rings (SSSR count). The first-order valence-electron chi connectivity index (χ1n) is 8.62. The van der Waals surface area contributed by atoms with Crippen LogP contribution in [0, 0.1) is 0 Å². The van der Waals surface area contributed by atoms with E-state index in [1.807, 2.05) is 6.07 Å². The van der Waals surface area contributed by atoms with Gasteiger partial charge in [0.2, 0.25) is 0 Å². The number of hydrogen-bond donors (Lipinski definition) is 0. The van der Waals surface area contributed by atoms with Crippen molar-refractivity contribution in [2.24, 2.45) is 5.16 Å². The standard InChI is InChI=1S/C19H31NO2Si/c1-8-16-17(15-12-10-9-11-13-15)18(21-20-16)14(2)22-23(6,7)19(3,4)5/h9-14,17-18H,8H2,1-7H3/t14-,17+,18+/m1/s1. The van der Waals surface area contributed by atoms with Gasteiger partial charge in [-0.3, -0.25) is 0 Å². The molecule has 23 heavy (non-hydrogen) atoms. The van der Waals surface area contributed by atoms with Gasteiger partial charge in [-0.1, -0.05) is 63.2 Å². The Kier molecular flexibility index (Phi) is 5.36. The van der Waals surface area contributed by atoms with Crippen LogP contribution in [-0.2, 0) is 9.26 Å². The molecule has 1 aliphatic rings. The third-order valence-corrected chi connectivity index (χ3v) is 9.82. The molecule has 0 saturated heterocycles.